The molecular weight excluding hydrogens is 290 g/mol. The highest BCUT2D eigenvalue weighted by molar-refractivity contribution is 6.05. The quantitative estimate of drug-likeness (QED) is 0.611. The first-order valence-electron chi connectivity index (χ1n) is 7.94. The maximum atomic E-state index is 12.4. The summed E-state index contributed by atoms with van der Waals surface area (Å²) in [6.07, 6.45) is 2.06. The van der Waals surface area contributed by atoms with Crippen molar-refractivity contribution in [2.75, 3.05) is 13.1 Å². The zero-order chi connectivity index (χ0) is 17.2. The van der Waals surface area contributed by atoms with Gasteiger partial charge in [0, 0.05) is 18.7 Å². The number of carbonyl (C=O) groups excluding carboxylic acids is 2. The summed E-state index contributed by atoms with van der Waals surface area (Å²) in [6, 6.07) is 5.84. The number of hydrogen-bond donors (Lipinski definition) is 0. The van der Waals surface area contributed by atoms with Crippen molar-refractivity contribution in [3.05, 3.63) is 46.5 Å². The minimum absolute atomic E-state index is 0.00200. The fourth-order valence-corrected chi connectivity index (χ4v) is 2.67. The predicted molar refractivity (Wildman–Crippen MR) is 90.8 cm³/mol. The summed E-state index contributed by atoms with van der Waals surface area (Å²) < 4.78 is 5.37. The van der Waals surface area contributed by atoms with Crippen LogP contribution in [0.25, 0.3) is 0 Å². The fraction of sp³-hybridized carbons (Fsp3) is 0.474. The van der Waals surface area contributed by atoms with Gasteiger partial charge in [-0.25, -0.2) is 4.79 Å². The van der Waals surface area contributed by atoms with E-state index >= 15 is 0 Å². The molecule has 1 fully saturated rings. The number of amides is 1. The molecule has 0 unspecified atom stereocenters. The smallest absolute Gasteiger partial charge is 0.410 e. The molecule has 0 bridgehead atoms. The number of aryl methyl sites for hydroxylation is 2. The molecule has 0 aliphatic carbocycles. The lowest BCUT2D eigenvalue weighted by atomic mass is 10.0. The van der Waals surface area contributed by atoms with Gasteiger partial charge < -0.3 is 9.64 Å². The molecule has 1 aliphatic heterocycles. The number of ether oxygens (including phenoxy) is 1. The molecule has 1 aromatic rings. The molecule has 1 aromatic carbocycles. The Kier molecular flexibility index (Phi) is 4.93. The van der Waals surface area contributed by atoms with E-state index in [-0.39, 0.29) is 11.9 Å². The van der Waals surface area contributed by atoms with E-state index < -0.39 is 5.60 Å². The summed E-state index contributed by atoms with van der Waals surface area (Å²) in [6.45, 7) is 10.6. The highest BCUT2D eigenvalue weighted by Crippen LogP contribution is 2.20. The summed E-state index contributed by atoms with van der Waals surface area (Å²) >= 11 is 0. The largest absolute Gasteiger partial charge is 0.444 e. The number of carbonyl (C=O) groups is 2. The molecule has 4 nitrogen and oxygen atoms in total. The lowest BCUT2D eigenvalue weighted by molar-refractivity contribution is 0.0299. The number of allylic oxidation sites excluding steroid dienone is 1. The molecule has 1 amide bonds. The minimum Gasteiger partial charge on any atom is -0.444 e. The van der Waals surface area contributed by atoms with Crippen molar-refractivity contribution >= 4 is 11.9 Å². The normalized spacial score (nSPS) is 16.7. The first-order chi connectivity index (χ1) is 10.6. The van der Waals surface area contributed by atoms with Crippen LogP contribution in [0.3, 0.4) is 0 Å². The lowest BCUT2D eigenvalue weighted by Crippen LogP contribution is -2.34. The highest BCUT2D eigenvalue weighted by atomic mass is 16.6. The summed E-state index contributed by atoms with van der Waals surface area (Å²) in [5, 5.41) is 0. The molecule has 0 spiro atoms. The molecular formula is C19H25NO3. The van der Waals surface area contributed by atoms with E-state index in [0.717, 1.165) is 23.1 Å². The molecule has 4 heteroatoms. The number of rotatable bonds is 2. The number of nitrogens with zero attached hydrogens (tertiary/aromatic N) is 1. The topological polar surface area (TPSA) is 46.6 Å². The van der Waals surface area contributed by atoms with Gasteiger partial charge in [0.1, 0.15) is 5.60 Å². The van der Waals surface area contributed by atoms with Gasteiger partial charge in [-0.3, -0.25) is 4.79 Å². The Morgan fingerprint density at radius 1 is 1.13 bits per heavy atom. The standard InChI is InChI=1S/C19H25NO3/c1-13-8-14(2)10-16(9-13)17(21)11-15-6-7-20(12-15)18(22)23-19(3,4)5/h8-11H,6-7,12H2,1-5H3/b15-11+. The molecule has 0 N–H and O–H groups in total. The van der Waals surface area contributed by atoms with Gasteiger partial charge in [0.15, 0.2) is 5.78 Å². The van der Waals surface area contributed by atoms with Crippen molar-refractivity contribution in [3.8, 4) is 0 Å². The van der Waals surface area contributed by atoms with Crippen LogP contribution < -0.4 is 0 Å². The van der Waals surface area contributed by atoms with Crippen molar-refractivity contribution in [1.82, 2.24) is 4.90 Å². The predicted octanol–water partition coefficient (Wildman–Crippen LogP) is 4.05. The van der Waals surface area contributed by atoms with E-state index in [1.54, 1.807) is 11.0 Å². The first kappa shape index (κ1) is 17.3. The molecule has 0 saturated carbocycles. The van der Waals surface area contributed by atoms with Crippen molar-refractivity contribution in [2.45, 2.75) is 46.6 Å². The Morgan fingerprint density at radius 3 is 2.30 bits per heavy atom. The monoisotopic (exact) mass is 315 g/mol. The molecule has 0 aromatic heterocycles. The van der Waals surface area contributed by atoms with Crippen LogP contribution in [0.15, 0.2) is 29.8 Å². The molecule has 1 aliphatic rings. The second-order valence-electron chi connectivity index (χ2n) is 7.20. The SMILES string of the molecule is Cc1cc(C)cc(C(=O)/C=C2\CCN(C(=O)OC(C)(C)C)C2)c1. The van der Waals surface area contributed by atoms with E-state index in [9.17, 15) is 9.59 Å². The lowest BCUT2D eigenvalue weighted by Gasteiger charge is -2.23. The summed E-state index contributed by atoms with van der Waals surface area (Å²) in [7, 11) is 0. The van der Waals surface area contributed by atoms with Gasteiger partial charge in [-0.1, -0.05) is 17.2 Å². The number of likely N-dealkylation sites (tertiary alicyclic amines) is 1. The van der Waals surface area contributed by atoms with E-state index in [2.05, 4.69) is 0 Å². The second-order valence-corrected chi connectivity index (χ2v) is 7.20. The number of hydrogen-bond acceptors (Lipinski definition) is 3. The maximum Gasteiger partial charge on any atom is 0.410 e. The Labute approximate surface area is 138 Å². The van der Waals surface area contributed by atoms with E-state index in [0.29, 0.717) is 18.7 Å². The molecule has 1 saturated heterocycles. The van der Waals surface area contributed by atoms with E-state index in [1.807, 2.05) is 52.8 Å². The van der Waals surface area contributed by atoms with E-state index in [1.165, 1.54) is 0 Å². The molecule has 124 valence electrons. The van der Waals surface area contributed by atoms with Crippen molar-refractivity contribution in [1.29, 1.82) is 0 Å². The minimum atomic E-state index is -0.502. The van der Waals surface area contributed by atoms with Crippen LogP contribution in [0.2, 0.25) is 0 Å². The average molecular weight is 315 g/mol. The zero-order valence-corrected chi connectivity index (χ0v) is 14.6. The summed E-state index contributed by atoms with van der Waals surface area (Å²) in [5.74, 6) is -0.00200. The molecule has 23 heavy (non-hydrogen) atoms. The van der Waals surface area contributed by atoms with E-state index in [4.69, 9.17) is 4.74 Å². The van der Waals surface area contributed by atoms with Crippen LogP contribution in [-0.2, 0) is 4.74 Å². The Bertz CT molecular complexity index is 633. The van der Waals surface area contributed by atoms with Gasteiger partial charge in [-0.15, -0.1) is 0 Å². The van der Waals surface area contributed by atoms with Gasteiger partial charge in [0.2, 0.25) is 0 Å². The van der Waals surface area contributed by atoms with Crippen molar-refractivity contribution < 1.29 is 14.3 Å². The number of benzene rings is 1. The van der Waals surface area contributed by atoms with Gasteiger partial charge in [0.25, 0.3) is 0 Å². The summed E-state index contributed by atoms with van der Waals surface area (Å²) in [5.41, 5.74) is 3.33. The van der Waals surface area contributed by atoms with Gasteiger partial charge in [0.05, 0.1) is 0 Å². The van der Waals surface area contributed by atoms with Crippen molar-refractivity contribution in [2.24, 2.45) is 0 Å². The third-order valence-electron chi connectivity index (χ3n) is 3.59. The van der Waals surface area contributed by atoms with Crippen LogP contribution in [0.5, 0.6) is 0 Å². The molecule has 2 rings (SSSR count). The average Bonchev–Trinajstić information content (AvgIpc) is 2.84. The third-order valence-corrected chi connectivity index (χ3v) is 3.59. The Balaban J connectivity index is 2.04. The van der Waals surface area contributed by atoms with Gasteiger partial charge in [-0.2, -0.15) is 0 Å². The van der Waals surface area contributed by atoms with Crippen LogP contribution in [0.4, 0.5) is 4.79 Å². The Hall–Kier alpha value is -2.10. The third kappa shape index (κ3) is 4.95. The maximum absolute atomic E-state index is 12.4. The second kappa shape index (κ2) is 6.57. The van der Waals surface area contributed by atoms with Gasteiger partial charge >= 0.3 is 6.09 Å². The van der Waals surface area contributed by atoms with Gasteiger partial charge in [-0.05, 0) is 64.8 Å². The zero-order valence-electron chi connectivity index (χ0n) is 14.6. The fourth-order valence-electron chi connectivity index (χ4n) is 2.67. The van der Waals surface area contributed by atoms with Crippen molar-refractivity contribution in [3.63, 3.8) is 0 Å². The van der Waals surface area contributed by atoms with Crippen LogP contribution in [0, 0.1) is 13.8 Å². The molecule has 1 heterocycles. The number of ketones is 1. The van der Waals surface area contributed by atoms with Crippen LogP contribution in [-0.4, -0.2) is 35.5 Å². The van der Waals surface area contributed by atoms with Crippen LogP contribution >= 0.6 is 0 Å². The first-order valence-corrected chi connectivity index (χ1v) is 7.94. The van der Waals surface area contributed by atoms with Crippen LogP contribution in [0.1, 0.15) is 48.7 Å². The highest BCUT2D eigenvalue weighted by Gasteiger charge is 2.26. The Morgan fingerprint density at radius 2 is 1.74 bits per heavy atom. The molecule has 0 atom stereocenters. The summed E-state index contributed by atoms with van der Waals surface area (Å²) in [4.78, 5) is 26.1. The molecule has 0 radical (unpaired) electrons.